The molecule has 2 N–H and O–H groups in total. The van der Waals surface area contributed by atoms with Crippen molar-refractivity contribution in [2.75, 3.05) is 6.54 Å². The highest BCUT2D eigenvalue weighted by Gasteiger charge is 2.11. The molecule has 2 rings (SSSR count). The molecule has 6 heteroatoms. The summed E-state index contributed by atoms with van der Waals surface area (Å²) >= 11 is 1.81. The van der Waals surface area contributed by atoms with Crippen LogP contribution in [-0.2, 0) is 19.6 Å². The van der Waals surface area contributed by atoms with Gasteiger partial charge in [-0.15, -0.1) is 16.4 Å². The van der Waals surface area contributed by atoms with E-state index in [0.717, 1.165) is 25.3 Å². The molecule has 0 saturated heterocycles. The number of thiophene rings is 1. The molecule has 0 aliphatic heterocycles. The maximum absolute atomic E-state index is 5.53. The molecule has 0 saturated carbocycles. The number of aromatic nitrogens is 3. The van der Waals surface area contributed by atoms with Crippen LogP contribution in [0.4, 0.5) is 0 Å². The average molecular weight is 279 g/mol. The standard InChI is InChI=1S/C13H21N5S/c1-11(2)17(10-13-4-3-7-19-13)5-6-18-9-12(8-14)15-16-18/h3-4,7,9,11H,5-6,8,10,14H2,1-2H3. The highest BCUT2D eigenvalue weighted by Crippen LogP contribution is 2.13. The lowest BCUT2D eigenvalue weighted by atomic mass is 10.3. The summed E-state index contributed by atoms with van der Waals surface area (Å²) in [5, 5.41) is 10.2. The molecule has 0 aliphatic carbocycles. The van der Waals surface area contributed by atoms with Crippen molar-refractivity contribution in [1.82, 2.24) is 19.9 Å². The number of nitrogens with two attached hydrogens (primary N) is 1. The molecule has 104 valence electrons. The van der Waals surface area contributed by atoms with Crippen LogP contribution in [-0.4, -0.2) is 32.5 Å². The van der Waals surface area contributed by atoms with E-state index in [-0.39, 0.29) is 0 Å². The largest absolute Gasteiger partial charge is 0.325 e. The maximum Gasteiger partial charge on any atom is 0.0962 e. The minimum absolute atomic E-state index is 0.448. The molecular weight excluding hydrogens is 258 g/mol. The summed E-state index contributed by atoms with van der Waals surface area (Å²) < 4.78 is 1.87. The van der Waals surface area contributed by atoms with Gasteiger partial charge in [0, 0.05) is 36.8 Å². The van der Waals surface area contributed by atoms with Crippen LogP contribution in [0.15, 0.2) is 23.7 Å². The minimum Gasteiger partial charge on any atom is -0.325 e. The van der Waals surface area contributed by atoms with Gasteiger partial charge >= 0.3 is 0 Å². The van der Waals surface area contributed by atoms with Crippen molar-refractivity contribution in [1.29, 1.82) is 0 Å². The van der Waals surface area contributed by atoms with Crippen molar-refractivity contribution in [3.63, 3.8) is 0 Å². The lowest BCUT2D eigenvalue weighted by Gasteiger charge is -2.25. The molecule has 0 spiro atoms. The van der Waals surface area contributed by atoms with Gasteiger partial charge in [-0.05, 0) is 25.3 Å². The second-order valence-corrected chi connectivity index (χ2v) is 5.85. The van der Waals surface area contributed by atoms with E-state index in [4.69, 9.17) is 5.73 Å². The van der Waals surface area contributed by atoms with Crippen LogP contribution < -0.4 is 5.73 Å². The number of rotatable bonds is 7. The van der Waals surface area contributed by atoms with E-state index in [1.807, 2.05) is 10.9 Å². The quantitative estimate of drug-likeness (QED) is 0.838. The van der Waals surface area contributed by atoms with Crippen molar-refractivity contribution in [3.8, 4) is 0 Å². The van der Waals surface area contributed by atoms with Crippen LogP contribution in [0.5, 0.6) is 0 Å². The summed E-state index contributed by atoms with van der Waals surface area (Å²) in [5.41, 5.74) is 6.37. The van der Waals surface area contributed by atoms with Crippen LogP contribution in [0.1, 0.15) is 24.4 Å². The Morgan fingerprint density at radius 2 is 2.32 bits per heavy atom. The number of nitrogens with zero attached hydrogens (tertiary/aromatic N) is 4. The van der Waals surface area contributed by atoms with Gasteiger partial charge in [-0.1, -0.05) is 11.3 Å². The van der Waals surface area contributed by atoms with Gasteiger partial charge in [0.1, 0.15) is 0 Å². The molecule has 0 atom stereocenters. The third-order valence-corrected chi connectivity index (χ3v) is 3.94. The van der Waals surface area contributed by atoms with Crippen molar-refractivity contribution in [3.05, 3.63) is 34.3 Å². The summed E-state index contributed by atoms with van der Waals surface area (Å²) in [6.45, 7) is 7.69. The highest BCUT2D eigenvalue weighted by atomic mass is 32.1. The van der Waals surface area contributed by atoms with E-state index in [2.05, 4.69) is 46.6 Å². The zero-order valence-corrected chi connectivity index (χ0v) is 12.3. The fraction of sp³-hybridized carbons (Fsp3) is 0.538. The molecule has 0 aliphatic rings. The molecule has 5 nitrogen and oxygen atoms in total. The molecule has 2 aromatic heterocycles. The smallest absolute Gasteiger partial charge is 0.0962 e. The first-order valence-electron chi connectivity index (χ1n) is 6.54. The predicted molar refractivity (Wildman–Crippen MR) is 77.8 cm³/mol. The second kappa shape index (κ2) is 6.79. The van der Waals surface area contributed by atoms with Crippen LogP contribution in [0.3, 0.4) is 0 Å². The molecule has 0 aromatic carbocycles. The highest BCUT2D eigenvalue weighted by molar-refractivity contribution is 7.09. The second-order valence-electron chi connectivity index (χ2n) is 4.82. The van der Waals surface area contributed by atoms with Gasteiger partial charge < -0.3 is 5.73 Å². The predicted octanol–water partition coefficient (Wildman–Crippen LogP) is 1.71. The molecule has 2 heterocycles. The van der Waals surface area contributed by atoms with Crippen molar-refractivity contribution >= 4 is 11.3 Å². The van der Waals surface area contributed by atoms with Crippen molar-refractivity contribution in [2.45, 2.75) is 39.5 Å². The van der Waals surface area contributed by atoms with Gasteiger partial charge in [0.15, 0.2) is 0 Å². The molecular formula is C13H21N5S. The van der Waals surface area contributed by atoms with Crippen LogP contribution >= 0.6 is 11.3 Å². The molecule has 19 heavy (non-hydrogen) atoms. The van der Waals surface area contributed by atoms with Crippen molar-refractivity contribution in [2.24, 2.45) is 5.73 Å². The van der Waals surface area contributed by atoms with Crippen LogP contribution in [0.2, 0.25) is 0 Å². The Morgan fingerprint density at radius 3 is 2.89 bits per heavy atom. The topological polar surface area (TPSA) is 60.0 Å². The van der Waals surface area contributed by atoms with Gasteiger partial charge in [0.05, 0.1) is 12.2 Å². The summed E-state index contributed by atoms with van der Waals surface area (Å²) in [5.74, 6) is 0. The molecule has 0 unspecified atom stereocenters. The minimum atomic E-state index is 0.448. The Balaban J connectivity index is 1.89. The lowest BCUT2D eigenvalue weighted by Crippen LogP contribution is -2.33. The monoisotopic (exact) mass is 279 g/mol. The molecule has 0 fully saturated rings. The molecule has 0 radical (unpaired) electrons. The summed E-state index contributed by atoms with van der Waals surface area (Å²) in [6.07, 6.45) is 1.92. The summed E-state index contributed by atoms with van der Waals surface area (Å²) in [4.78, 5) is 3.84. The zero-order chi connectivity index (χ0) is 13.7. The summed E-state index contributed by atoms with van der Waals surface area (Å²) in [7, 11) is 0. The average Bonchev–Trinajstić information content (AvgIpc) is 3.05. The summed E-state index contributed by atoms with van der Waals surface area (Å²) in [6, 6.07) is 4.80. The first-order chi connectivity index (χ1) is 9.19. The fourth-order valence-corrected chi connectivity index (χ4v) is 2.62. The molecule has 0 amide bonds. The first kappa shape index (κ1) is 14.2. The van der Waals surface area contributed by atoms with Gasteiger partial charge in [0.25, 0.3) is 0 Å². The third-order valence-electron chi connectivity index (χ3n) is 3.08. The third kappa shape index (κ3) is 4.12. The SMILES string of the molecule is CC(C)N(CCn1cc(CN)nn1)Cc1cccs1. The molecule has 0 bridgehead atoms. The number of hydrogen-bond donors (Lipinski definition) is 1. The van der Waals surface area contributed by atoms with E-state index >= 15 is 0 Å². The van der Waals surface area contributed by atoms with Crippen molar-refractivity contribution < 1.29 is 0 Å². The Bertz CT molecular complexity index is 477. The normalized spacial score (nSPS) is 11.6. The van der Waals surface area contributed by atoms with Gasteiger partial charge in [-0.25, -0.2) is 0 Å². The maximum atomic E-state index is 5.53. The number of hydrogen-bond acceptors (Lipinski definition) is 5. The Morgan fingerprint density at radius 1 is 1.47 bits per heavy atom. The van der Waals surface area contributed by atoms with E-state index in [1.54, 1.807) is 11.3 Å². The Labute approximate surface area is 118 Å². The van der Waals surface area contributed by atoms with E-state index in [9.17, 15) is 0 Å². The Kier molecular flexibility index (Phi) is 5.07. The van der Waals surface area contributed by atoms with Crippen LogP contribution in [0, 0.1) is 0 Å². The lowest BCUT2D eigenvalue weighted by molar-refractivity contribution is 0.203. The Hall–Kier alpha value is -1.24. The van der Waals surface area contributed by atoms with Gasteiger partial charge in [-0.2, -0.15) is 0 Å². The fourth-order valence-electron chi connectivity index (χ4n) is 1.89. The molecule has 2 aromatic rings. The van der Waals surface area contributed by atoms with Gasteiger partial charge in [-0.3, -0.25) is 9.58 Å². The van der Waals surface area contributed by atoms with Gasteiger partial charge in [0.2, 0.25) is 0 Å². The van der Waals surface area contributed by atoms with Crippen LogP contribution in [0.25, 0.3) is 0 Å². The van der Waals surface area contributed by atoms with E-state index in [0.29, 0.717) is 12.6 Å². The zero-order valence-electron chi connectivity index (χ0n) is 11.5. The van der Waals surface area contributed by atoms with E-state index in [1.165, 1.54) is 4.88 Å². The van der Waals surface area contributed by atoms with E-state index < -0.39 is 0 Å². The first-order valence-corrected chi connectivity index (χ1v) is 7.42.